The van der Waals surface area contributed by atoms with Crippen LogP contribution in [0.4, 0.5) is 0 Å². The standard InChI is InChI=1S/C14H26N2O2.ClH/c15-14(8-4-1-5-9-14)13(18)16-10-11-6-2-3-7-12(11)17;/h11-12,17H,1-10,15H2,(H,16,18);1H. The molecule has 2 unspecified atom stereocenters. The van der Waals surface area contributed by atoms with E-state index >= 15 is 0 Å². The summed E-state index contributed by atoms with van der Waals surface area (Å²) in [5.41, 5.74) is 5.52. The van der Waals surface area contributed by atoms with Crippen LogP contribution >= 0.6 is 12.4 Å². The average molecular weight is 291 g/mol. The number of carbonyl (C=O) groups excluding carboxylic acids is 1. The molecule has 1 amide bonds. The monoisotopic (exact) mass is 290 g/mol. The molecule has 112 valence electrons. The summed E-state index contributed by atoms with van der Waals surface area (Å²) in [5.74, 6) is 0.204. The molecule has 4 nitrogen and oxygen atoms in total. The molecule has 2 fully saturated rings. The third kappa shape index (κ3) is 4.33. The Morgan fingerprint density at radius 1 is 1.16 bits per heavy atom. The van der Waals surface area contributed by atoms with Crippen molar-refractivity contribution in [2.75, 3.05) is 6.54 Å². The molecule has 0 aromatic carbocycles. The van der Waals surface area contributed by atoms with Crippen molar-refractivity contribution in [1.29, 1.82) is 0 Å². The van der Waals surface area contributed by atoms with Crippen LogP contribution in [0, 0.1) is 5.92 Å². The zero-order valence-electron chi connectivity index (χ0n) is 11.6. The van der Waals surface area contributed by atoms with Crippen molar-refractivity contribution in [2.24, 2.45) is 11.7 Å². The number of aliphatic hydroxyl groups is 1. The van der Waals surface area contributed by atoms with Crippen LogP contribution in [0.15, 0.2) is 0 Å². The van der Waals surface area contributed by atoms with E-state index in [1.807, 2.05) is 0 Å². The predicted octanol–water partition coefficient (Wildman–Crippen LogP) is 1.74. The van der Waals surface area contributed by atoms with Crippen LogP contribution in [0.1, 0.15) is 57.8 Å². The molecule has 2 aliphatic rings. The fraction of sp³-hybridized carbons (Fsp3) is 0.929. The highest BCUT2D eigenvalue weighted by molar-refractivity contribution is 5.86. The Hall–Kier alpha value is -0.320. The Morgan fingerprint density at radius 2 is 1.79 bits per heavy atom. The lowest BCUT2D eigenvalue weighted by Crippen LogP contribution is -2.56. The SMILES string of the molecule is Cl.NC1(C(=O)NCC2CCCCC2O)CCCCC1. The van der Waals surface area contributed by atoms with Gasteiger partial charge in [-0.15, -0.1) is 12.4 Å². The first-order valence-electron chi connectivity index (χ1n) is 7.37. The van der Waals surface area contributed by atoms with Crippen molar-refractivity contribution in [3.63, 3.8) is 0 Å². The van der Waals surface area contributed by atoms with E-state index < -0.39 is 5.54 Å². The third-order valence-corrected chi connectivity index (χ3v) is 4.59. The number of carbonyl (C=O) groups is 1. The van der Waals surface area contributed by atoms with Crippen LogP contribution in [0.2, 0.25) is 0 Å². The quantitative estimate of drug-likeness (QED) is 0.741. The minimum Gasteiger partial charge on any atom is -0.393 e. The molecular formula is C14H27ClN2O2. The van der Waals surface area contributed by atoms with Gasteiger partial charge in [0.1, 0.15) is 0 Å². The number of halogens is 1. The largest absolute Gasteiger partial charge is 0.393 e. The summed E-state index contributed by atoms with van der Waals surface area (Å²) < 4.78 is 0. The predicted molar refractivity (Wildman–Crippen MR) is 78.2 cm³/mol. The normalized spacial score (nSPS) is 30.2. The summed E-state index contributed by atoms with van der Waals surface area (Å²) in [6.45, 7) is 0.582. The molecule has 2 saturated carbocycles. The molecule has 0 aromatic rings. The molecule has 2 rings (SSSR count). The molecular weight excluding hydrogens is 264 g/mol. The van der Waals surface area contributed by atoms with Crippen molar-refractivity contribution in [1.82, 2.24) is 5.32 Å². The zero-order valence-corrected chi connectivity index (χ0v) is 12.4. The smallest absolute Gasteiger partial charge is 0.240 e. The first-order chi connectivity index (χ1) is 8.62. The summed E-state index contributed by atoms with van der Waals surface area (Å²) >= 11 is 0. The zero-order chi connectivity index (χ0) is 13.0. The van der Waals surface area contributed by atoms with E-state index in [2.05, 4.69) is 5.32 Å². The van der Waals surface area contributed by atoms with Crippen molar-refractivity contribution < 1.29 is 9.90 Å². The lowest BCUT2D eigenvalue weighted by molar-refractivity contribution is -0.128. The summed E-state index contributed by atoms with van der Waals surface area (Å²) in [6.07, 6.45) is 8.78. The second-order valence-corrected chi connectivity index (χ2v) is 6.04. The van der Waals surface area contributed by atoms with E-state index in [1.165, 1.54) is 6.42 Å². The van der Waals surface area contributed by atoms with E-state index in [0.29, 0.717) is 6.54 Å². The highest BCUT2D eigenvalue weighted by atomic mass is 35.5. The van der Waals surface area contributed by atoms with E-state index in [1.54, 1.807) is 0 Å². The maximum atomic E-state index is 12.2. The Bertz CT molecular complexity index is 293. The molecule has 0 aromatic heterocycles. The summed E-state index contributed by atoms with van der Waals surface area (Å²) in [4.78, 5) is 12.2. The topological polar surface area (TPSA) is 75.4 Å². The average Bonchev–Trinajstić information content (AvgIpc) is 2.38. The van der Waals surface area contributed by atoms with E-state index in [0.717, 1.165) is 51.4 Å². The number of rotatable bonds is 3. The molecule has 0 saturated heterocycles. The molecule has 0 radical (unpaired) electrons. The number of nitrogens with two attached hydrogens (primary N) is 1. The van der Waals surface area contributed by atoms with Crippen LogP contribution < -0.4 is 11.1 Å². The van der Waals surface area contributed by atoms with Gasteiger partial charge in [-0.05, 0) is 25.7 Å². The van der Waals surface area contributed by atoms with Crippen LogP contribution in [0.3, 0.4) is 0 Å². The second-order valence-electron chi connectivity index (χ2n) is 6.04. The number of aliphatic hydroxyl groups excluding tert-OH is 1. The van der Waals surface area contributed by atoms with E-state index in [4.69, 9.17) is 5.73 Å². The summed E-state index contributed by atoms with van der Waals surface area (Å²) in [7, 11) is 0. The Kier molecular flexibility index (Phi) is 6.57. The molecule has 2 atom stereocenters. The molecule has 0 bridgehead atoms. The Morgan fingerprint density at radius 3 is 2.42 bits per heavy atom. The Balaban J connectivity index is 0.00000180. The van der Waals surface area contributed by atoms with Crippen molar-refractivity contribution in [3.8, 4) is 0 Å². The van der Waals surface area contributed by atoms with Crippen molar-refractivity contribution >= 4 is 18.3 Å². The van der Waals surface area contributed by atoms with Crippen molar-refractivity contribution in [3.05, 3.63) is 0 Å². The van der Waals surface area contributed by atoms with Gasteiger partial charge in [0.15, 0.2) is 0 Å². The van der Waals surface area contributed by atoms with Gasteiger partial charge in [0, 0.05) is 12.5 Å². The Labute approximate surface area is 121 Å². The van der Waals surface area contributed by atoms with E-state index in [9.17, 15) is 9.90 Å². The maximum absolute atomic E-state index is 12.2. The minimum absolute atomic E-state index is 0. The van der Waals surface area contributed by atoms with Gasteiger partial charge in [0.05, 0.1) is 11.6 Å². The second kappa shape index (κ2) is 7.46. The lowest BCUT2D eigenvalue weighted by atomic mass is 9.81. The van der Waals surface area contributed by atoms with Gasteiger partial charge >= 0.3 is 0 Å². The molecule has 0 spiro atoms. The fourth-order valence-electron chi connectivity index (χ4n) is 3.24. The third-order valence-electron chi connectivity index (χ3n) is 4.59. The number of hydrogen-bond acceptors (Lipinski definition) is 3. The molecule has 0 aliphatic heterocycles. The number of nitrogens with one attached hydrogen (secondary N) is 1. The van der Waals surface area contributed by atoms with E-state index in [-0.39, 0.29) is 30.3 Å². The summed E-state index contributed by atoms with van der Waals surface area (Å²) in [5, 5.41) is 12.8. The highest BCUT2D eigenvalue weighted by Crippen LogP contribution is 2.27. The van der Waals surface area contributed by atoms with Gasteiger partial charge in [0.25, 0.3) is 0 Å². The van der Waals surface area contributed by atoms with Crippen LogP contribution in [-0.2, 0) is 4.79 Å². The molecule has 19 heavy (non-hydrogen) atoms. The van der Waals surface area contributed by atoms with Crippen LogP contribution in [0.5, 0.6) is 0 Å². The first kappa shape index (κ1) is 16.7. The van der Waals surface area contributed by atoms with Gasteiger partial charge < -0.3 is 16.2 Å². The highest BCUT2D eigenvalue weighted by Gasteiger charge is 2.35. The molecule has 4 N–H and O–H groups in total. The molecule has 2 aliphatic carbocycles. The number of hydrogen-bond donors (Lipinski definition) is 3. The molecule has 5 heteroatoms. The van der Waals surface area contributed by atoms with Gasteiger partial charge in [-0.3, -0.25) is 4.79 Å². The van der Waals surface area contributed by atoms with Gasteiger partial charge in [-0.25, -0.2) is 0 Å². The van der Waals surface area contributed by atoms with Gasteiger partial charge in [-0.2, -0.15) is 0 Å². The molecule has 0 heterocycles. The van der Waals surface area contributed by atoms with Gasteiger partial charge in [-0.1, -0.05) is 32.1 Å². The first-order valence-corrected chi connectivity index (χ1v) is 7.37. The maximum Gasteiger partial charge on any atom is 0.240 e. The van der Waals surface area contributed by atoms with Gasteiger partial charge in [0.2, 0.25) is 5.91 Å². The van der Waals surface area contributed by atoms with Crippen LogP contribution in [0.25, 0.3) is 0 Å². The number of amides is 1. The summed E-state index contributed by atoms with van der Waals surface area (Å²) in [6, 6.07) is 0. The van der Waals surface area contributed by atoms with Crippen molar-refractivity contribution in [2.45, 2.75) is 69.4 Å². The lowest BCUT2D eigenvalue weighted by Gasteiger charge is -2.33. The van der Waals surface area contributed by atoms with Crippen LogP contribution in [-0.4, -0.2) is 29.2 Å². The fourth-order valence-corrected chi connectivity index (χ4v) is 3.24. The minimum atomic E-state index is -0.655.